The lowest BCUT2D eigenvalue weighted by molar-refractivity contribution is 0.103. The molecule has 0 bridgehead atoms. The number of nitrogen functional groups attached to an aromatic ring is 2. The lowest BCUT2D eigenvalue weighted by atomic mass is 10.0. The third-order valence-corrected chi connectivity index (χ3v) is 2.89. The third-order valence-electron chi connectivity index (χ3n) is 2.57. The summed E-state index contributed by atoms with van der Waals surface area (Å²) in [5.74, 6) is -2.87. The van der Waals surface area contributed by atoms with Gasteiger partial charge in [0.2, 0.25) is 0 Å². The minimum absolute atomic E-state index is 0.127. The van der Waals surface area contributed by atoms with Crippen molar-refractivity contribution in [1.82, 2.24) is 0 Å². The zero-order valence-electron chi connectivity index (χ0n) is 9.58. The molecule has 19 heavy (non-hydrogen) atoms. The van der Waals surface area contributed by atoms with E-state index >= 15 is 0 Å². The van der Waals surface area contributed by atoms with Crippen LogP contribution in [0.25, 0.3) is 0 Å². The van der Waals surface area contributed by atoms with Crippen molar-refractivity contribution in [3.05, 3.63) is 58.1 Å². The van der Waals surface area contributed by atoms with Gasteiger partial charge < -0.3 is 11.5 Å². The average molecular weight is 283 g/mol. The van der Waals surface area contributed by atoms with Gasteiger partial charge in [-0.05, 0) is 30.3 Å². The molecule has 0 saturated carbocycles. The van der Waals surface area contributed by atoms with Crippen molar-refractivity contribution >= 4 is 28.8 Å². The summed E-state index contributed by atoms with van der Waals surface area (Å²) in [6, 6.07) is 5.79. The van der Waals surface area contributed by atoms with Crippen molar-refractivity contribution < 1.29 is 13.6 Å². The van der Waals surface area contributed by atoms with Gasteiger partial charge in [0.25, 0.3) is 0 Å². The maximum atomic E-state index is 13.2. The molecule has 0 amide bonds. The number of carbonyl (C=O) groups is 1. The Balaban J connectivity index is 2.53. The fraction of sp³-hybridized carbons (Fsp3) is 0. The largest absolute Gasteiger partial charge is 0.399 e. The number of halogens is 3. The molecule has 0 unspecified atom stereocenters. The fourth-order valence-electron chi connectivity index (χ4n) is 1.63. The summed E-state index contributed by atoms with van der Waals surface area (Å²) >= 11 is 5.74. The molecule has 0 aliphatic carbocycles. The Morgan fingerprint density at radius 1 is 1.00 bits per heavy atom. The molecule has 0 saturated heterocycles. The summed E-state index contributed by atoms with van der Waals surface area (Å²) in [5.41, 5.74) is 11.7. The van der Waals surface area contributed by atoms with Crippen molar-refractivity contribution in [2.75, 3.05) is 11.5 Å². The van der Waals surface area contributed by atoms with Crippen LogP contribution in [-0.4, -0.2) is 5.78 Å². The summed E-state index contributed by atoms with van der Waals surface area (Å²) < 4.78 is 26.1. The number of benzene rings is 2. The lowest BCUT2D eigenvalue weighted by Crippen LogP contribution is -2.07. The first-order valence-corrected chi connectivity index (χ1v) is 5.62. The number of carbonyl (C=O) groups excluding carboxylic acids is 1. The van der Waals surface area contributed by atoms with Crippen LogP contribution in [0.1, 0.15) is 15.9 Å². The smallest absolute Gasteiger partial charge is 0.196 e. The molecule has 6 heteroatoms. The van der Waals surface area contributed by atoms with E-state index in [0.29, 0.717) is 5.69 Å². The van der Waals surface area contributed by atoms with Crippen LogP contribution in [0.3, 0.4) is 0 Å². The quantitative estimate of drug-likeness (QED) is 0.505. The molecule has 0 aliphatic heterocycles. The van der Waals surface area contributed by atoms with Crippen molar-refractivity contribution in [3.63, 3.8) is 0 Å². The number of ketones is 1. The van der Waals surface area contributed by atoms with E-state index in [-0.39, 0.29) is 21.8 Å². The first-order chi connectivity index (χ1) is 8.90. The molecule has 2 aromatic carbocycles. The predicted octanol–water partition coefficient (Wildman–Crippen LogP) is 3.01. The highest BCUT2D eigenvalue weighted by Crippen LogP contribution is 2.25. The van der Waals surface area contributed by atoms with E-state index in [4.69, 9.17) is 23.1 Å². The zero-order chi connectivity index (χ0) is 14.2. The van der Waals surface area contributed by atoms with Crippen LogP contribution in [0.4, 0.5) is 20.2 Å². The van der Waals surface area contributed by atoms with Gasteiger partial charge in [-0.25, -0.2) is 8.78 Å². The summed E-state index contributed by atoms with van der Waals surface area (Å²) in [7, 11) is 0. The van der Waals surface area contributed by atoms with E-state index in [1.807, 2.05) is 0 Å². The molecule has 3 nitrogen and oxygen atoms in total. The van der Waals surface area contributed by atoms with Gasteiger partial charge in [0.15, 0.2) is 17.4 Å². The summed E-state index contributed by atoms with van der Waals surface area (Å²) in [6.45, 7) is 0. The standard InChI is InChI=1S/C13H9ClF2N2O/c14-9-5-11(16)10(15)4-8(9)13(19)7-2-1-6(17)3-12(7)18/h1-5H,17-18H2. The minimum atomic E-state index is -1.15. The summed E-state index contributed by atoms with van der Waals surface area (Å²) in [5, 5.41) is -0.180. The summed E-state index contributed by atoms with van der Waals surface area (Å²) in [6.07, 6.45) is 0. The molecule has 0 fully saturated rings. The van der Waals surface area contributed by atoms with E-state index in [0.717, 1.165) is 12.1 Å². The Bertz CT molecular complexity index is 674. The normalized spacial score (nSPS) is 10.5. The molecule has 4 N–H and O–H groups in total. The number of nitrogens with two attached hydrogens (primary N) is 2. The number of hydrogen-bond donors (Lipinski definition) is 2. The highest BCUT2D eigenvalue weighted by atomic mass is 35.5. The Morgan fingerprint density at radius 2 is 1.63 bits per heavy atom. The van der Waals surface area contributed by atoms with Crippen LogP contribution < -0.4 is 11.5 Å². The topological polar surface area (TPSA) is 69.1 Å². The van der Waals surface area contributed by atoms with Crippen molar-refractivity contribution in [2.45, 2.75) is 0 Å². The Hall–Kier alpha value is -2.14. The van der Waals surface area contributed by atoms with Crippen molar-refractivity contribution in [2.24, 2.45) is 0 Å². The molecule has 2 aromatic rings. The second kappa shape index (κ2) is 4.85. The van der Waals surface area contributed by atoms with Crippen molar-refractivity contribution in [3.8, 4) is 0 Å². The number of anilines is 2. The highest BCUT2D eigenvalue weighted by Gasteiger charge is 2.18. The maximum Gasteiger partial charge on any atom is 0.196 e. The average Bonchev–Trinajstić information content (AvgIpc) is 2.33. The second-order valence-electron chi connectivity index (χ2n) is 3.92. The molecule has 0 spiro atoms. The van der Waals surface area contributed by atoms with Crippen LogP contribution in [0.5, 0.6) is 0 Å². The van der Waals surface area contributed by atoms with Crippen LogP contribution in [0.15, 0.2) is 30.3 Å². The van der Waals surface area contributed by atoms with Crippen LogP contribution in [-0.2, 0) is 0 Å². The lowest BCUT2D eigenvalue weighted by Gasteiger charge is -2.08. The van der Waals surface area contributed by atoms with Crippen LogP contribution >= 0.6 is 11.6 Å². The van der Waals surface area contributed by atoms with Gasteiger partial charge in [-0.2, -0.15) is 0 Å². The van der Waals surface area contributed by atoms with Crippen LogP contribution in [0, 0.1) is 11.6 Å². The molecule has 0 radical (unpaired) electrons. The van der Waals surface area contributed by atoms with E-state index in [1.165, 1.54) is 18.2 Å². The van der Waals surface area contributed by atoms with Gasteiger partial charge in [-0.1, -0.05) is 11.6 Å². The van der Waals surface area contributed by atoms with E-state index in [2.05, 4.69) is 0 Å². The highest BCUT2D eigenvalue weighted by molar-refractivity contribution is 6.35. The first kappa shape index (κ1) is 13.3. The molecule has 0 aromatic heterocycles. The third kappa shape index (κ3) is 2.51. The van der Waals surface area contributed by atoms with Gasteiger partial charge in [-0.15, -0.1) is 0 Å². The Morgan fingerprint density at radius 3 is 2.26 bits per heavy atom. The van der Waals surface area contributed by atoms with E-state index < -0.39 is 17.4 Å². The zero-order valence-corrected chi connectivity index (χ0v) is 10.3. The van der Waals surface area contributed by atoms with Crippen molar-refractivity contribution in [1.29, 1.82) is 0 Å². The SMILES string of the molecule is Nc1ccc(C(=O)c2cc(F)c(F)cc2Cl)c(N)c1. The van der Waals surface area contributed by atoms with E-state index in [9.17, 15) is 13.6 Å². The van der Waals surface area contributed by atoms with Gasteiger partial charge in [-0.3, -0.25) is 4.79 Å². The molecule has 98 valence electrons. The molecule has 2 rings (SSSR count). The Kier molecular flexibility index (Phi) is 3.40. The van der Waals surface area contributed by atoms with Gasteiger partial charge in [0, 0.05) is 22.5 Å². The molecular weight excluding hydrogens is 274 g/mol. The first-order valence-electron chi connectivity index (χ1n) is 5.24. The monoisotopic (exact) mass is 282 g/mol. The summed E-state index contributed by atoms with van der Waals surface area (Å²) in [4.78, 5) is 12.2. The molecular formula is C13H9ClF2N2O. The molecule has 0 heterocycles. The number of hydrogen-bond acceptors (Lipinski definition) is 3. The maximum absolute atomic E-state index is 13.2. The van der Waals surface area contributed by atoms with Crippen LogP contribution in [0.2, 0.25) is 5.02 Å². The second-order valence-corrected chi connectivity index (χ2v) is 4.33. The Labute approximate surface area is 112 Å². The van der Waals surface area contributed by atoms with Gasteiger partial charge >= 0.3 is 0 Å². The van der Waals surface area contributed by atoms with E-state index in [1.54, 1.807) is 0 Å². The molecule has 0 atom stereocenters. The predicted molar refractivity (Wildman–Crippen MR) is 70.1 cm³/mol. The van der Waals surface area contributed by atoms with Gasteiger partial charge in [0.1, 0.15) is 0 Å². The number of rotatable bonds is 2. The minimum Gasteiger partial charge on any atom is -0.399 e. The fourth-order valence-corrected chi connectivity index (χ4v) is 1.87. The molecule has 0 aliphatic rings. The van der Waals surface area contributed by atoms with Gasteiger partial charge in [0.05, 0.1) is 5.02 Å².